The van der Waals surface area contributed by atoms with Crippen LogP contribution in [0.3, 0.4) is 0 Å². The minimum absolute atomic E-state index is 0.0220. The van der Waals surface area contributed by atoms with Crippen LogP contribution in [0.1, 0.15) is 40.2 Å². The molecule has 7 atom stereocenters. The highest BCUT2D eigenvalue weighted by atomic mass is 16.6. The number of rotatable bonds is 5. The molecule has 198 valence electrons. The van der Waals surface area contributed by atoms with Crippen LogP contribution in [0, 0.1) is 23.7 Å². The van der Waals surface area contributed by atoms with Crippen molar-refractivity contribution in [2.45, 2.75) is 51.9 Å². The van der Waals surface area contributed by atoms with Gasteiger partial charge in [0.2, 0.25) is 0 Å². The topological polar surface area (TPSA) is 186 Å². The standard InChI is InChI=1S/C12H18N2O5.C11H14N2O4/c1-7-8(2)12(5-15,6-16)19-10(7)14-4-3-9(17)13-11(14)18;1-6-7(2)10(17-8(6)5-14)13-4-3-9(15)12-11(13)16/h3-4,7-8,10,15-16H,5-6H2,1-2H3,(H,13,17,18);3-8,10H,1-2H3,(H,12,15,16). The van der Waals surface area contributed by atoms with Gasteiger partial charge in [-0.25, -0.2) is 9.59 Å². The molecule has 2 aromatic rings. The summed E-state index contributed by atoms with van der Waals surface area (Å²) in [5.74, 6) is -0.167. The molecule has 0 amide bonds. The second-order valence-corrected chi connectivity index (χ2v) is 9.42. The number of carbonyl (C=O) groups excluding carboxylic acids is 1. The summed E-state index contributed by atoms with van der Waals surface area (Å²) >= 11 is 0. The van der Waals surface area contributed by atoms with E-state index in [1.807, 2.05) is 27.7 Å². The summed E-state index contributed by atoms with van der Waals surface area (Å²) in [7, 11) is 0. The van der Waals surface area contributed by atoms with Crippen LogP contribution in [0.25, 0.3) is 0 Å². The summed E-state index contributed by atoms with van der Waals surface area (Å²) < 4.78 is 13.8. The van der Waals surface area contributed by atoms with E-state index in [4.69, 9.17) is 9.47 Å². The number of ether oxygens (including phenoxy) is 2. The molecular weight excluding hydrogens is 476 g/mol. The Morgan fingerprint density at radius 2 is 1.36 bits per heavy atom. The second-order valence-electron chi connectivity index (χ2n) is 9.42. The van der Waals surface area contributed by atoms with E-state index in [1.165, 1.54) is 33.7 Å². The number of aliphatic hydroxyl groups excluding tert-OH is 2. The van der Waals surface area contributed by atoms with Gasteiger partial charge in [-0.1, -0.05) is 27.7 Å². The zero-order valence-electron chi connectivity index (χ0n) is 20.5. The number of nitrogens with zero attached hydrogens (tertiary/aromatic N) is 2. The highest BCUT2D eigenvalue weighted by Crippen LogP contribution is 2.44. The van der Waals surface area contributed by atoms with E-state index in [2.05, 4.69) is 9.97 Å². The summed E-state index contributed by atoms with van der Waals surface area (Å²) in [6.07, 6.45) is 1.86. The Hall–Kier alpha value is -3.13. The molecule has 0 bridgehead atoms. The van der Waals surface area contributed by atoms with Crippen LogP contribution in [-0.2, 0) is 14.3 Å². The highest BCUT2D eigenvalue weighted by Gasteiger charge is 2.51. The average molecular weight is 509 g/mol. The Bertz CT molecular complexity index is 1290. The molecule has 36 heavy (non-hydrogen) atoms. The number of H-pyrrole nitrogens is 2. The van der Waals surface area contributed by atoms with Gasteiger partial charge >= 0.3 is 11.4 Å². The molecule has 0 aromatic carbocycles. The van der Waals surface area contributed by atoms with Crippen LogP contribution < -0.4 is 22.5 Å². The maximum atomic E-state index is 11.8. The van der Waals surface area contributed by atoms with E-state index in [9.17, 15) is 34.2 Å². The third kappa shape index (κ3) is 5.05. The monoisotopic (exact) mass is 508 g/mol. The van der Waals surface area contributed by atoms with Crippen LogP contribution in [-0.4, -0.2) is 60.5 Å². The number of nitrogens with one attached hydrogen (secondary N) is 2. The van der Waals surface area contributed by atoms with E-state index >= 15 is 0 Å². The Morgan fingerprint density at radius 1 is 0.861 bits per heavy atom. The second kappa shape index (κ2) is 10.9. The van der Waals surface area contributed by atoms with Gasteiger partial charge in [0.05, 0.1) is 13.2 Å². The Balaban J connectivity index is 0.000000202. The molecule has 13 nitrogen and oxygen atoms in total. The maximum absolute atomic E-state index is 11.8. The molecule has 0 radical (unpaired) electrons. The van der Waals surface area contributed by atoms with Gasteiger partial charge in [-0.05, 0) is 11.8 Å². The van der Waals surface area contributed by atoms with Crippen molar-refractivity contribution < 1.29 is 24.5 Å². The van der Waals surface area contributed by atoms with Crippen LogP contribution in [0.2, 0.25) is 0 Å². The van der Waals surface area contributed by atoms with E-state index in [1.54, 1.807) is 0 Å². The molecule has 13 heteroatoms. The molecule has 0 spiro atoms. The fourth-order valence-electron chi connectivity index (χ4n) is 4.60. The molecule has 4 rings (SSSR count). The molecule has 2 aromatic heterocycles. The minimum Gasteiger partial charge on any atom is -0.393 e. The smallest absolute Gasteiger partial charge is 0.330 e. The molecule has 2 fully saturated rings. The highest BCUT2D eigenvalue weighted by molar-refractivity contribution is 5.57. The van der Waals surface area contributed by atoms with Gasteiger partial charge in [0.15, 0.2) is 0 Å². The normalized spacial score (nSPS) is 31.0. The molecule has 2 aliphatic heterocycles. The van der Waals surface area contributed by atoms with Crippen LogP contribution in [0.4, 0.5) is 0 Å². The van der Waals surface area contributed by atoms with Crippen LogP contribution in [0.15, 0.2) is 43.7 Å². The van der Waals surface area contributed by atoms with Gasteiger partial charge in [-0.2, -0.15) is 0 Å². The number of aliphatic hydroxyl groups is 2. The summed E-state index contributed by atoms with van der Waals surface area (Å²) in [5.41, 5.74) is -3.08. The van der Waals surface area contributed by atoms with Gasteiger partial charge in [-0.3, -0.25) is 28.7 Å². The SMILES string of the molecule is CC1C(C=O)OC(n2ccc(=O)[nH]c2=O)C1C.CC1C(n2ccc(=O)[nH]c2=O)OC(CO)(CO)C1C. The predicted molar refractivity (Wildman–Crippen MR) is 126 cm³/mol. The van der Waals surface area contributed by atoms with Crippen molar-refractivity contribution in [2.75, 3.05) is 13.2 Å². The number of hydrogen-bond acceptors (Lipinski definition) is 9. The van der Waals surface area contributed by atoms with Crippen molar-refractivity contribution in [3.63, 3.8) is 0 Å². The largest absolute Gasteiger partial charge is 0.393 e. The first-order valence-corrected chi connectivity index (χ1v) is 11.6. The summed E-state index contributed by atoms with van der Waals surface area (Å²) in [5, 5.41) is 18.9. The molecule has 4 heterocycles. The first-order valence-electron chi connectivity index (χ1n) is 11.6. The molecule has 4 N–H and O–H groups in total. The van der Waals surface area contributed by atoms with Gasteiger partial charge in [0.1, 0.15) is 30.4 Å². The lowest BCUT2D eigenvalue weighted by Gasteiger charge is -2.28. The molecule has 2 saturated heterocycles. The van der Waals surface area contributed by atoms with Crippen LogP contribution in [0.5, 0.6) is 0 Å². The summed E-state index contributed by atoms with van der Waals surface area (Å²) in [6.45, 7) is 6.89. The maximum Gasteiger partial charge on any atom is 0.330 e. The van der Waals surface area contributed by atoms with Gasteiger partial charge < -0.3 is 24.5 Å². The van der Waals surface area contributed by atoms with Crippen molar-refractivity contribution in [1.82, 2.24) is 19.1 Å². The fraction of sp³-hybridized carbons (Fsp3) is 0.609. The number of hydrogen-bond donors (Lipinski definition) is 4. The first-order chi connectivity index (χ1) is 17.0. The van der Waals surface area contributed by atoms with Gasteiger partial charge in [0.25, 0.3) is 11.1 Å². The predicted octanol–water partition coefficient (Wildman–Crippen LogP) is -1.03. The average Bonchev–Trinajstić information content (AvgIpc) is 3.27. The summed E-state index contributed by atoms with van der Waals surface area (Å²) in [4.78, 5) is 60.5. The first kappa shape index (κ1) is 27.5. The third-order valence-electron chi connectivity index (χ3n) is 7.44. The Labute approximate surface area is 205 Å². The lowest BCUT2D eigenvalue weighted by atomic mass is 9.83. The number of aromatic nitrogens is 4. The van der Waals surface area contributed by atoms with E-state index in [0.29, 0.717) is 0 Å². The summed E-state index contributed by atoms with van der Waals surface area (Å²) in [6, 6.07) is 2.50. The molecule has 7 unspecified atom stereocenters. The van der Waals surface area contributed by atoms with Crippen LogP contribution >= 0.6 is 0 Å². The molecule has 0 aliphatic carbocycles. The fourth-order valence-corrected chi connectivity index (χ4v) is 4.60. The third-order valence-corrected chi connectivity index (χ3v) is 7.44. The zero-order chi connectivity index (χ0) is 26.8. The van der Waals surface area contributed by atoms with Gasteiger partial charge in [0, 0.05) is 36.4 Å². The van der Waals surface area contributed by atoms with Crippen molar-refractivity contribution in [3.05, 3.63) is 66.2 Å². The van der Waals surface area contributed by atoms with Crippen molar-refractivity contribution in [3.8, 4) is 0 Å². The van der Waals surface area contributed by atoms with Gasteiger partial charge in [-0.15, -0.1) is 0 Å². The quantitative estimate of drug-likeness (QED) is 0.366. The molecule has 2 aliphatic rings. The number of aromatic amines is 2. The zero-order valence-corrected chi connectivity index (χ0v) is 20.5. The lowest BCUT2D eigenvalue weighted by molar-refractivity contribution is -0.135. The van der Waals surface area contributed by atoms with E-state index < -0.39 is 46.7 Å². The molecular formula is C23H32N4O9. The lowest BCUT2D eigenvalue weighted by Crippen LogP contribution is -2.43. The van der Waals surface area contributed by atoms with E-state index in [-0.39, 0.29) is 36.9 Å². The Kier molecular flexibility index (Phi) is 8.29. The van der Waals surface area contributed by atoms with Crippen molar-refractivity contribution >= 4 is 6.29 Å². The number of aldehydes is 1. The Morgan fingerprint density at radius 3 is 1.75 bits per heavy atom. The molecule has 0 saturated carbocycles. The van der Waals surface area contributed by atoms with Crippen molar-refractivity contribution in [1.29, 1.82) is 0 Å². The minimum atomic E-state index is -1.07. The van der Waals surface area contributed by atoms with Crippen molar-refractivity contribution in [2.24, 2.45) is 23.7 Å². The number of carbonyl (C=O) groups is 1. The van der Waals surface area contributed by atoms with E-state index in [0.717, 1.165) is 6.29 Å².